The highest BCUT2D eigenvalue weighted by atomic mass is 16.5. The summed E-state index contributed by atoms with van der Waals surface area (Å²) in [7, 11) is 1.72. The molecule has 8 aliphatic carbocycles. The summed E-state index contributed by atoms with van der Waals surface area (Å²) in [5.74, 6) is 1.57. The molecule has 62 heavy (non-hydrogen) atoms. The van der Waals surface area contributed by atoms with Crippen LogP contribution in [0.4, 0.5) is 0 Å². The number of phenols is 2. The van der Waals surface area contributed by atoms with Gasteiger partial charge in [-0.1, -0.05) is 102 Å². The Labute approximate surface area is 370 Å². The fraction of sp³-hybridized carbons (Fsp3) is 0.500. The molecular weight excluding hydrogens is 759 g/mol. The summed E-state index contributed by atoms with van der Waals surface area (Å²) >= 11 is 0. The minimum atomic E-state index is -0.0390. The summed E-state index contributed by atoms with van der Waals surface area (Å²) in [5, 5.41) is 25.3. The summed E-state index contributed by atoms with van der Waals surface area (Å²) in [5.41, 5.74) is 13.5. The molecule has 8 bridgehead atoms. The van der Waals surface area contributed by atoms with E-state index in [4.69, 9.17) is 9.72 Å². The maximum atomic E-state index is 12.7. The highest BCUT2D eigenvalue weighted by molar-refractivity contribution is 5.90. The van der Waals surface area contributed by atoms with Gasteiger partial charge in [0.25, 0.3) is 0 Å². The minimum Gasteiger partial charge on any atom is -0.507 e. The van der Waals surface area contributed by atoms with Crippen LogP contribution in [0.1, 0.15) is 141 Å². The molecule has 4 aromatic carbocycles. The van der Waals surface area contributed by atoms with Crippen molar-refractivity contribution in [1.82, 2.24) is 4.98 Å². The normalized spacial score (nSPS) is 36.3. The third-order valence-electron chi connectivity index (χ3n) is 17.4. The first-order valence-corrected chi connectivity index (χ1v) is 23.6. The van der Waals surface area contributed by atoms with Gasteiger partial charge in [0, 0.05) is 56.3 Å². The quantitative estimate of drug-likeness (QED) is 0.172. The van der Waals surface area contributed by atoms with E-state index in [0.29, 0.717) is 49.7 Å². The topological polar surface area (TPSA) is 62.6 Å². The second-order valence-electron chi connectivity index (χ2n) is 24.8. The van der Waals surface area contributed by atoms with Gasteiger partial charge in [0.15, 0.2) is 0 Å². The van der Waals surface area contributed by atoms with Gasteiger partial charge < -0.3 is 14.9 Å². The molecule has 0 radical (unpaired) electrons. The van der Waals surface area contributed by atoms with Crippen LogP contribution in [0.25, 0.3) is 44.8 Å². The zero-order chi connectivity index (χ0) is 43.5. The Hall–Kier alpha value is -4.57. The van der Waals surface area contributed by atoms with Crippen molar-refractivity contribution >= 4 is 0 Å². The molecular formula is C58H67NO3. The SMILES string of the molecule is COc1cc(-c2ccccc2-c2cc(C)cc(C34CC5(C)CC(C)(CC(C)(C5)C3)C4)c2O)nc(-c2ccccc2-c2cc(C)cc(C34CC5(C)CC(C)(CC(C)(C5)C3)C4)c2O)c1. The number of nitrogens with zero attached hydrogens (tertiary/aromatic N) is 1. The van der Waals surface area contributed by atoms with Gasteiger partial charge >= 0.3 is 0 Å². The second kappa shape index (κ2) is 12.8. The molecule has 1 aromatic heterocycles. The zero-order valence-electron chi connectivity index (χ0n) is 38.8. The molecule has 0 amide bonds. The first kappa shape index (κ1) is 40.2. The Morgan fingerprint density at radius 2 is 0.726 bits per heavy atom. The van der Waals surface area contributed by atoms with E-state index in [0.717, 1.165) is 94.4 Å². The lowest BCUT2D eigenvalue weighted by Gasteiger charge is -2.69. The van der Waals surface area contributed by atoms with Crippen LogP contribution in [-0.2, 0) is 10.8 Å². The predicted octanol–water partition coefficient (Wildman–Crippen LogP) is 15.1. The maximum absolute atomic E-state index is 12.7. The molecule has 8 aliphatic rings. The highest BCUT2D eigenvalue weighted by Gasteiger charge is 2.66. The summed E-state index contributed by atoms with van der Waals surface area (Å²) in [4.78, 5) is 5.46. The number of rotatable bonds is 7. The van der Waals surface area contributed by atoms with Crippen LogP contribution in [-0.4, -0.2) is 22.3 Å². The number of pyridine rings is 1. The molecule has 0 aliphatic heterocycles. The van der Waals surface area contributed by atoms with Gasteiger partial charge in [-0.2, -0.15) is 0 Å². The molecule has 8 saturated carbocycles. The van der Waals surface area contributed by atoms with Crippen molar-refractivity contribution in [3.8, 4) is 62.0 Å². The van der Waals surface area contributed by atoms with Gasteiger partial charge in [-0.3, -0.25) is 0 Å². The first-order valence-electron chi connectivity index (χ1n) is 23.6. The molecule has 2 N–H and O–H groups in total. The molecule has 0 atom stereocenters. The van der Waals surface area contributed by atoms with Crippen molar-refractivity contribution in [2.24, 2.45) is 32.5 Å². The summed E-state index contributed by atoms with van der Waals surface area (Å²) in [6.45, 7) is 19.5. The number of hydrogen-bond acceptors (Lipinski definition) is 4. The number of benzene rings is 4. The van der Waals surface area contributed by atoms with Crippen LogP contribution >= 0.6 is 0 Å². The minimum absolute atomic E-state index is 0.0390. The maximum Gasteiger partial charge on any atom is 0.127 e. The lowest BCUT2D eigenvalue weighted by molar-refractivity contribution is -0.153. The smallest absolute Gasteiger partial charge is 0.127 e. The van der Waals surface area contributed by atoms with Gasteiger partial charge in [0.1, 0.15) is 17.2 Å². The molecule has 4 nitrogen and oxygen atoms in total. The summed E-state index contributed by atoms with van der Waals surface area (Å²) < 4.78 is 6.05. The van der Waals surface area contributed by atoms with E-state index in [1.54, 1.807) is 7.11 Å². The van der Waals surface area contributed by atoms with Crippen molar-refractivity contribution < 1.29 is 14.9 Å². The number of aryl methyl sites for hydroxylation is 2. The number of hydrogen-bond donors (Lipinski definition) is 2. The van der Waals surface area contributed by atoms with Gasteiger partial charge in [0.05, 0.1) is 18.5 Å². The van der Waals surface area contributed by atoms with Crippen LogP contribution in [0.2, 0.25) is 0 Å². The molecule has 13 rings (SSSR count). The largest absolute Gasteiger partial charge is 0.507 e. The van der Waals surface area contributed by atoms with Crippen molar-refractivity contribution in [1.29, 1.82) is 0 Å². The number of aromatic hydroxyl groups is 2. The number of ether oxygens (including phenoxy) is 1. The van der Waals surface area contributed by atoms with Crippen LogP contribution in [0.3, 0.4) is 0 Å². The van der Waals surface area contributed by atoms with Crippen molar-refractivity contribution in [3.05, 3.63) is 107 Å². The lowest BCUT2D eigenvalue weighted by atomic mass is 9.35. The van der Waals surface area contributed by atoms with E-state index in [-0.39, 0.29) is 10.8 Å². The van der Waals surface area contributed by atoms with Crippen molar-refractivity contribution in [2.75, 3.05) is 7.11 Å². The average molecular weight is 826 g/mol. The Balaban J connectivity index is 1.02. The number of methoxy groups -OCH3 is 1. The summed E-state index contributed by atoms with van der Waals surface area (Å²) in [6.07, 6.45) is 14.6. The van der Waals surface area contributed by atoms with Crippen LogP contribution < -0.4 is 4.74 Å². The molecule has 8 fully saturated rings. The van der Waals surface area contributed by atoms with Crippen LogP contribution in [0, 0.1) is 46.3 Å². The molecule has 322 valence electrons. The van der Waals surface area contributed by atoms with E-state index in [2.05, 4.69) is 128 Å². The average Bonchev–Trinajstić information content (AvgIpc) is 3.15. The Morgan fingerprint density at radius 1 is 0.419 bits per heavy atom. The van der Waals surface area contributed by atoms with Gasteiger partial charge in [0.2, 0.25) is 0 Å². The summed E-state index contributed by atoms with van der Waals surface area (Å²) in [6, 6.07) is 29.8. The van der Waals surface area contributed by atoms with E-state index in [1.165, 1.54) is 49.7 Å². The van der Waals surface area contributed by atoms with Gasteiger partial charge in [-0.25, -0.2) is 4.98 Å². The number of phenolic OH excluding ortho intramolecular Hbond substituents is 2. The molecule has 0 unspecified atom stereocenters. The lowest BCUT2D eigenvalue weighted by Crippen LogP contribution is -2.60. The van der Waals surface area contributed by atoms with Crippen molar-refractivity contribution in [2.45, 2.75) is 143 Å². The molecule has 4 heteroatoms. The third-order valence-corrected chi connectivity index (χ3v) is 17.4. The van der Waals surface area contributed by atoms with Crippen LogP contribution in [0.5, 0.6) is 17.2 Å². The Bertz CT molecular complexity index is 2420. The van der Waals surface area contributed by atoms with E-state index >= 15 is 0 Å². The zero-order valence-corrected chi connectivity index (χ0v) is 38.8. The highest BCUT2D eigenvalue weighted by Crippen LogP contribution is 2.76. The number of aromatic nitrogens is 1. The first-order chi connectivity index (χ1) is 29.2. The Kier molecular flexibility index (Phi) is 8.30. The second-order valence-corrected chi connectivity index (χ2v) is 24.8. The molecule has 0 saturated heterocycles. The van der Waals surface area contributed by atoms with Gasteiger partial charge in [-0.05, 0) is 158 Å². The Morgan fingerprint density at radius 3 is 1.03 bits per heavy atom. The van der Waals surface area contributed by atoms with Crippen molar-refractivity contribution in [3.63, 3.8) is 0 Å². The third kappa shape index (κ3) is 6.15. The van der Waals surface area contributed by atoms with Crippen LogP contribution in [0.15, 0.2) is 84.9 Å². The monoisotopic (exact) mass is 826 g/mol. The fourth-order valence-electron chi connectivity index (χ4n) is 18.7. The molecule has 5 aromatic rings. The van der Waals surface area contributed by atoms with E-state index in [9.17, 15) is 10.2 Å². The molecule has 1 heterocycles. The van der Waals surface area contributed by atoms with E-state index in [1.807, 2.05) is 12.1 Å². The molecule has 0 spiro atoms. The van der Waals surface area contributed by atoms with Gasteiger partial charge in [-0.15, -0.1) is 0 Å². The fourth-order valence-corrected chi connectivity index (χ4v) is 18.7. The van der Waals surface area contributed by atoms with E-state index < -0.39 is 0 Å². The standard InChI is InChI=1S/C58H67NO3/c1-36-18-43(49(60)45(20-36)57-30-51(3)24-52(4,31-57)26-53(5,25-51)32-57)39-14-10-12-16-41(39)47-22-38(62-9)23-48(59-47)42-17-13-11-15-40(42)44-19-37(2)21-46(50(44)61)58-33-54(6)27-55(7,34-58)29-56(8,28-54)35-58/h10-23,60-61H,24-35H2,1-9H3. The predicted molar refractivity (Wildman–Crippen MR) is 253 cm³/mol.